The summed E-state index contributed by atoms with van der Waals surface area (Å²) in [7, 11) is 0. The molecule has 0 radical (unpaired) electrons. The molecular formula is C18H27NO2. The molecular weight excluding hydrogens is 262 g/mol. The molecule has 1 aromatic carbocycles. The molecule has 0 aliphatic heterocycles. The summed E-state index contributed by atoms with van der Waals surface area (Å²) in [6, 6.07) is 7.55. The molecule has 116 valence electrons. The molecule has 2 aliphatic rings. The van der Waals surface area contributed by atoms with E-state index >= 15 is 0 Å². The Morgan fingerprint density at radius 2 is 2.05 bits per heavy atom. The molecule has 0 saturated heterocycles. The van der Waals surface area contributed by atoms with Gasteiger partial charge in [0.1, 0.15) is 12.4 Å². The van der Waals surface area contributed by atoms with Gasteiger partial charge in [-0.2, -0.15) is 0 Å². The predicted molar refractivity (Wildman–Crippen MR) is 85.3 cm³/mol. The summed E-state index contributed by atoms with van der Waals surface area (Å²) in [4.78, 5) is 0. The number of hydrogen-bond donors (Lipinski definition) is 1. The minimum atomic E-state index is 0.328. The van der Waals surface area contributed by atoms with Crippen molar-refractivity contribution in [2.24, 2.45) is 16.7 Å². The Bertz CT molecular complexity index is 514. The summed E-state index contributed by atoms with van der Waals surface area (Å²) >= 11 is 0. The van der Waals surface area contributed by atoms with Crippen molar-refractivity contribution >= 4 is 5.69 Å². The lowest BCUT2D eigenvalue weighted by molar-refractivity contribution is -0.0540. The van der Waals surface area contributed by atoms with Crippen molar-refractivity contribution in [1.29, 1.82) is 0 Å². The monoisotopic (exact) mass is 289 g/mol. The van der Waals surface area contributed by atoms with Gasteiger partial charge in [0, 0.05) is 11.8 Å². The van der Waals surface area contributed by atoms with Crippen LogP contribution in [0.4, 0.5) is 5.69 Å². The first kappa shape index (κ1) is 14.7. The number of ether oxygens (including phenoxy) is 2. The van der Waals surface area contributed by atoms with Gasteiger partial charge in [0.2, 0.25) is 0 Å². The number of benzene rings is 1. The second kappa shape index (κ2) is 5.20. The van der Waals surface area contributed by atoms with Crippen LogP contribution in [0.1, 0.15) is 40.0 Å². The molecule has 3 unspecified atom stereocenters. The van der Waals surface area contributed by atoms with E-state index in [1.54, 1.807) is 0 Å². The van der Waals surface area contributed by atoms with Gasteiger partial charge >= 0.3 is 0 Å². The van der Waals surface area contributed by atoms with Crippen LogP contribution in [0.15, 0.2) is 24.3 Å². The Kier molecular flexibility index (Phi) is 3.64. The van der Waals surface area contributed by atoms with Gasteiger partial charge < -0.3 is 15.2 Å². The molecule has 0 spiro atoms. The molecule has 2 bridgehead atoms. The number of anilines is 1. The summed E-state index contributed by atoms with van der Waals surface area (Å²) in [6.45, 7) is 8.47. The quantitative estimate of drug-likeness (QED) is 0.661. The maximum absolute atomic E-state index is 6.17. The van der Waals surface area contributed by atoms with Crippen LogP contribution in [0.5, 0.6) is 5.75 Å². The van der Waals surface area contributed by atoms with Crippen molar-refractivity contribution in [2.45, 2.75) is 46.1 Å². The fourth-order valence-electron chi connectivity index (χ4n) is 4.34. The lowest BCUT2D eigenvalue weighted by Gasteiger charge is -2.38. The normalized spacial score (nSPS) is 33.3. The highest BCUT2D eigenvalue weighted by molar-refractivity contribution is 5.43. The molecule has 1 aromatic rings. The molecule has 3 atom stereocenters. The number of fused-ring (bicyclic) bond motifs is 2. The lowest BCUT2D eigenvalue weighted by Crippen LogP contribution is -2.37. The van der Waals surface area contributed by atoms with Gasteiger partial charge in [0.25, 0.3) is 0 Å². The number of nitrogen functional groups attached to an aromatic ring is 1. The summed E-state index contributed by atoms with van der Waals surface area (Å²) in [6.07, 6.45) is 4.26. The third-order valence-electron chi connectivity index (χ3n) is 6.24. The lowest BCUT2D eigenvalue weighted by atomic mass is 9.70. The SMILES string of the molecule is CC1(C)C2CCC1(C)C(OCCOc1cccc(N)c1)C2. The van der Waals surface area contributed by atoms with Crippen molar-refractivity contribution < 1.29 is 9.47 Å². The Balaban J connectivity index is 1.49. The van der Waals surface area contributed by atoms with Gasteiger partial charge in [-0.3, -0.25) is 0 Å². The third kappa shape index (κ3) is 2.42. The zero-order chi connectivity index (χ0) is 15.1. The van der Waals surface area contributed by atoms with Crippen molar-refractivity contribution in [3.05, 3.63) is 24.3 Å². The largest absolute Gasteiger partial charge is 0.491 e. The van der Waals surface area contributed by atoms with Crippen LogP contribution in [0.25, 0.3) is 0 Å². The molecule has 21 heavy (non-hydrogen) atoms. The van der Waals surface area contributed by atoms with Crippen LogP contribution in [0.3, 0.4) is 0 Å². The van der Waals surface area contributed by atoms with E-state index in [1.807, 2.05) is 24.3 Å². The molecule has 3 rings (SSSR count). The summed E-state index contributed by atoms with van der Waals surface area (Å²) in [5.41, 5.74) is 7.21. The number of hydrogen-bond acceptors (Lipinski definition) is 3. The van der Waals surface area contributed by atoms with Gasteiger partial charge in [-0.25, -0.2) is 0 Å². The average molecular weight is 289 g/mol. The number of rotatable bonds is 5. The van der Waals surface area contributed by atoms with Crippen molar-refractivity contribution in [3.63, 3.8) is 0 Å². The molecule has 3 nitrogen and oxygen atoms in total. The fraction of sp³-hybridized carbons (Fsp3) is 0.667. The van der Waals surface area contributed by atoms with E-state index < -0.39 is 0 Å². The van der Waals surface area contributed by atoms with Crippen molar-refractivity contribution in [1.82, 2.24) is 0 Å². The second-order valence-electron chi connectivity index (χ2n) is 7.39. The van der Waals surface area contributed by atoms with Gasteiger partial charge in [0.05, 0.1) is 12.7 Å². The maximum Gasteiger partial charge on any atom is 0.121 e. The molecule has 2 aliphatic carbocycles. The molecule has 2 fully saturated rings. The molecule has 0 amide bonds. The highest BCUT2D eigenvalue weighted by Gasteiger charge is 2.61. The van der Waals surface area contributed by atoms with E-state index in [0.717, 1.165) is 17.4 Å². The molecule has 3 heteroatoms. The highest BCUT2D eigenvalue weighted by atomic mass is 16.5. The molecule has 0 heterocycles. The summed E-state index contributed by atoms with van der Waals surface area (Å²) in [5.74, 6) is 1.64. The average Bonchev–Trinajstić information content (AvgIpc) is 2.76. The Morgan fingerprint density at radius 3 is 2.67 bits per heavy atom. The summed E-state index contributed by atoms with van der Waals surface area (Å²) < 4.78 is 11.9. The maximum atomic E-state index is 6.17. The van der Waals surface area contributed by atoms with E-state index in [4.69, 9.17) is 15.2 Å². The van der Waals surface area contributed by atoms with E-state index in [2.05, 4.69) is 20.8 Å². The van der Waals surface area contributed by atoms with E-state index in [0.29, 0.717) is 30.1 Å². The van der Waals surface area contributed by atoms with E-state index in [9.17, 15) is 0 Å². The van der Waals surface area contributed by atoms with Gasteiger partial charge in [0.15, 0.2) is 0 Å². The Labute approximate surface area is 127 Å². The first-order chi connectivity index (χ1) is 9.93. The zero-order valence-electron chi connectivity index (χ0n) is 13.4. The van der Waals surface area contributed by atoms with Crippen LogP contribution >= 0.6 is 0 Å². The summed E-state index contributed by atoms with van der Waals surface area (Å²) in [5, 5.41) is 0. The van der Waals surface area contributed by atoms with Crippen LogP contribution in [0, 0.1) is 16.7 Å². The predicted octanol–water partition coefficient (Wildman–Crippen LogP) is 3.88. The molecule has 2 N–H and O–H groups in total. The minimum absolute atomic E-state index is 0.328. The number of nitrogens with two attached hydrogens (primary N) is 1. The first-order valence-electron chi connectivity index (χ1n) is 8.03. The van der Waals surface area contributed by atoms with Gasteiger partial charge in [-0.15, -0.1) is 0 Å². The third-order valence-corrected chi connectivity index (χ3v) is 6.24. The second-order valence-corrected chi connectivity index (χ2v) is 7.39. The van der Waals surface area contributed by atoms with Crippen molar-refractivity contribution in [2.75, 3.05) is 18.9 Å². The van der Waals surface area contributed by atoms with Crippen LogP contribution in [-0.4, -0.2) is 19.3 Å². The minimum Gasteiger partial charge on any atom is -0.491 e. The van der Waals surface area contributed by atoms with E-state index in [1.165, 1.54) is 19.3 Å². The standard InChI is InChI=1S/C18H27NO2/c1-17(2)13-7-8-18(17,3)16(11-13)21-10-9-20-15-6-4-5-14(19)12-15/h4-6,12-13,16H,7-11,19H2,1-3H3. The highest BCUT2D eigenvalue weighted by Crippen LogP contribution is 2.66. The van der Waals surface area contributed by atoms with Gasteiger partial charge in [-0.1, -0.05) is 26.8 Å². The Morgan fingerprint density at radius 1 is 1.24 bits per heavy atom. The topological polar surface area (TPSA) is 44.5 Å². The van der Waals surface area contributed by atoms with Gasteiger partial charge in [-0.05, 0) is 48.1 Å². The van der Waals surface area contributed by atoms with Crippen LogP contribution < -0.4 is 10.5 Å². The molecule has 2 saturated carbocycles. The zero-order valence-corrected chi connectivity index (χ0v) is 13.4. The first-order valence-corrected chi connectivity index (χ1v) is 8.03. The van der Waals surface area contributed by atoms with E-state index in [-0.39, 0.29) is 0 Å². The van der Waals surface area contributed by atoms with Crippen LogP contribution in [0.2, 0.25) is 0 Å². The Hall–Kier alpha value is -1.22. The smallest absolute Gasteiger partial charge is 0.121 e. The fourth-order valence-corrected chi connectivity index (χ4v) is 4.34. The van der Waals surface area contributed by atoms with Crippen LogP contribution in [-0.2, 0) is 4.74 Å². The van der Waals surface area contributed by atoms with Crippen molar-refractivity contribution in [3.8, 4) is 5.75 Å². The molecule has 0 aromatic heterocycles.